The van der Waals surface area contributed by atoms with Crippen molar-refractivity contribution in [3.05, 3.63) is 234 Å². The van der Waals surface area contributed by atoms with E-state index in [1.807, 2.05) is 0 Å². The van der Waals surface area contributed by atoms with Gasteiger partial charge in [-0.2, -0.15) is 0 Å². The molecule has 0 amide bonds. The van der Waals surface area contributed by atoms with Gasteiger partial charge < -0.3 is 14.4 Å². The second-order valence-electron chi connectivity index (χ2n) is 19.2. The molecular formula is C62H51N3. The number of fused-ring (bicyclic) bond motifs is 1. The van der Waals surface area contributed by atoms with Crippen molar-refractivity contribution in [1.29, 1.82) is 0 Å². The van der Waals surface area contributed by atoms with Crippen LogP contribution in [0, 0.1) is 13.8 Å². The van der Waals surface area contributed by atoms with Gasteiger partial charge in [0.2, 0.25) is 0 Å². The van der Waals surface area contributed by atoms with E-state index >= 15 is 0 Å². The first-order valence-corrected chi connectivity index (χ1v) is 22.9. The zero-order chi connectivity index (χ0) is 44.2. The van der Waals surface area contributed by atoms with Crippen LogP contribution in [0.5, 0.6) is 0 Å². The Hall–Kier alpha value is -7.62. The van der Waals surface area contributed by atoms with Gasteiger partial charge in [-0.3, -0.25) is 0 Å². The number of benzene rings is 9. The third kappa shape index (κ3) is 6.02. The van der Waals surface area contributed by atoms with Crippen LogP contribution in [0.25, 0.3) is 49.7 Å². The summed E-state index contributed by atoms with van der Waals surface area (Å²) in [7, 11) is 0. The highest BCUT2D eigenvalue weighted by molar-refractivity contribution is 6.16. The Labute approximate surface area is 382 Å². The van der Waals surface area contributed by atoms with Crippen LogP contribution in [-0.4, -0.2) is 4.57 Å². The Kier molecular flexibility index (Phi) is 8.67. The number of hydrogen-bond acceptors (Lipinski definition) is 2. The lowest BCUT2D eigenvalue weighted by Gasteiger charge is -2.42. The summed E-state index contributed by atoms with van der Waals surface area (Å²) in [5, 5.41) is 2.62. The molecule has 0 fully saturated rings. The average Bonchev–Trinajstić information content (AvgIpc) is 3.66. The summed E-state index contributed by atoms with van der Waals surface area (Å²) < 4.78 is 2.63. The fraction of sp³-hybridized carbons (Fsp3) is 0.129. The summed E-state index contributed by atoms with van der Waals surface area (Å²) in [5.41, 5.74) is 23.3. The lowest BCUT2D eigenvalue weighted by molar-refractivity contribution is 0.594. The number of nitrogens with zero attached hydrogens (tertiary/aromatic N) is 3. The predicted octanol–water partition coefficient (Wildman–Crippen LogP) is 17.0. The van der Waals surface area contributed by atoms with E-state index in [4.69, 9.17) is 0 Å². The van der Waals surface area contributed by atoms with Gasteiger partial charge in [-0.05, 0) is 155 Å². The van der Waals surface area contributed by atoms with Gasteiger partial charge in [-0.15, -0.1) is 0 Å². The summed E-state index contributed by atoms with van der Waals surface area (Å²) >= 11 is 0. The van der Waals surface area contributed by atoms with Gasteiger partial charge in [0, 0.05) is 55.7 Å². The molecule has 2 aliphatic heterocycles. The van der Waals surface area contributed by atoms with Crippen molar-refractivity contribution < 1.29 is 0 Å². The maximum Gasteiger partial charge on any atom is 0.0582 e. The lowest BCUT2D eigenvalue weighted by Crippen LogP contribution is -2.33. The highest BCUT2D eigenvalue weighted by Gasteiger charge is 2.43. The summed E-state index contributed by atoms with van der Waals surface area (Å²) in [4.78, 5) is 4.69. The van der Waals surface area contributed by atoms with E-state index in [0.717, 1.165) is 34.1 Å². The molecule has 9 aromatic carbocycles. The monoisotopic (exact) mass is 837 g/mol. The molecule has 3 heteroatoms. The summed E-state index contributed by atoms with van der Waals surface area (Å²) in [6.45, 7) is 14.0. The second kappa shape index (κ2) is 14.5. The molecule has 0 unspecified atom stereocenters. The van der Waals surface area contributed by atoms with E-state index in [9.17, 15) is 0 Å². The van der Waals surface area contributed by atoms with Gasteiger partial charge in [-0.25, -0.2) is 0 Å². The lowest BCUT2D eigenvalue weighted by atomic mass is 9.68. The largest absolute Gasteiger partial charge is 0.311 e. The van der Waals surface area contributed by atoms with Crippen LogP contribution >= 0.6 is 0 Å². The van der Waals surface area contributed by atoms with Crippen molar-refractivity contribution in [1.82, 2.24) is 4.57 Å². The highest BCUT2D eigenvalue weighted by Crippen LogP contribution is 2.56. The van der Waals surface area contributed by atoms with Crippen LogP contribution in [0.3, 0.4) is 0 Å². The van der Waals surface area contributed by atoms with E-state index in [1.165, 1.54) is 83.1 Å². The summed E-state index contributed by atoms with van der Waals surface area (Å²) in [6.07, 6.45) is 0. The third-order valence-corrected chi connectivity index (χ3v) is 14.4. The molecule has 3 nitrogen and oxygen atoms in total. The van der Waals surface area contributed by atoms with E-state index < -0.39 is 0 Å². The number of para-hydroxylation sites is 3. The zero-order valence-corrected chi connectivity index (χ0v) is 37.9. The molecule has 2 aliphatic rings. The van der Waals surface area contributed by atoms with E-state index in [1.54, 1.807) is 0 Å². The fourth-order valence-corrected chi connectivity index (χ4v) is 10.9. The molecule has 12 rings (SSSR count). The first-order chi connectivity index (χ1) is 31.6. The molecule has 0 radical (unpaired) electrons. The van der Waals surface area contributed by atoms with Gasteiger partial charge in [0.15, 0.2) is 0 Å². The van der Waals surface area contributed by atoms with E-state index in [-0.39, 0.29) is 10.8 Å². The maximum atomic E-state index is 2.63. The van der Waals surface area contributed by atoms with Crippen molar-refractivity contribution in [2.45, 2.75) is 52.4 Å². The SMILES string of the molecule is Cc1ccc(N(c2ccccc2)c2ccc(-c3cc4c5c(c3)c3cc(-c6ccc(N(c7ccccc7)c7ccc(C)cc7)cc6)cc6c3n5-c3c(cccc3C6(C)C)C4(C)C)cc2)cc1. The molecule has 0 N–H and O–H groups in total. The molecule has 1 aromatic heterocycles. The topological polar surface area (TPSA) is 11.4 Å². The van der Waals surface area contributed by atoms with Gasteiger partial charge in [0.1, 0.15) is 0 Å². The number of aryl methyl sites for hydroxylation is 2. The smallest absolute Gasteiger partial charge is 0.0582 e. The minimum atomic E-state index is -0.214. The van der Waals surface area contributed by atoms with Crippen molar-refractivity contribution >= 4 is 55.9 Å². The van der Waals surface area contributed by atoms with E-state index in [2.05, 4.69) is 256 Å². The predicted molar refractivity (Wildman–Crippen MR) is 275 cm³/mol. The zero-order valence-electron chi connectivity index (χ0n) is 37.9. The molecule has 0 atom stereocenters. The Morgan fingerprint density at radius 2 is 0.662 bits per heavy atom. The molecule has 314 valence electrons. The van der Waals surface area contributed by atoms with Gasteiger partial charge in [-0.1, -0.05) is 142 Å². The van der Waals surface area contributed by atoms with Crippen molar-refractivity contribution in [2.75, 3.05) is 9.80 Å². The highest BCUT2D eigenvalue weighted by atomic mass is 15.1. The van der Waals surface area contributed by atoms with Crippen LogP contribution in [0.1, 0.15) is 61.1 Å². The Balaban J connectivity index is 1.03. The number of rotatable bonds is 8. The second-order valence-corrected chi connectivity index (χ2v) is 19.2. The Bertz CT molecular complexity index is 3220. The van der Waals surface area contributed by atoms with Gasteiger partial charge >= 0.3 is 0 Å². The van der Waals surface area contributed by atoms with Crippen molar-refractivity contribution in [3.63, 3.8) is 0 Å². The molecule has 0 spiro atoms. The standard InChI is InChI=1S/C62H51N3/c1-40-20-28-48(29-21-40)63(46-14-9-7-10-15-46)50-32-24-42(25-33-50)44-36-52-53-37-45(43-26-34-51(35-27-43)64(47-16-11-8-12-17-47)49-30-22-41(2)23-31-49)39-57-59(53)65-58(52)56(38-44)61(3,4)54-18-13-19-55(60(54)65)62(57,5)6/h7-39H,1-6H3. The fourth-order valence-electron chi connectivity index (χ4n) is 10.9. The van der Waals surface area contributed by atoms with Crippen molar-refractivity contribution in [2.24, 2.45) is 0 Å². The van der Waals surface area contributed by atoms with Crippen LogP contribution in [-0.2, 0) is 10.8 Å². The first-order valence-electron chi connectivity index (χ1n) is 22.9. The molecule has 0 bridgehead atoms. The first kappa shape index (κ1) is 39.0. The molecule has 0 aliphatic carbocycles. The number of hydrogen-bond donors (Lipinski definition) is 0. The van der Waals surface area contributed by atoms with Crippen LogP contribution in [0.4, 0.5) is 34.1 Å². The molecule has 0 saturated carbocycles. The molecule has 10 aromatic rings. The van der Waals surface area contributed by atoms with Gasteiger partial charge in [0.25, 0.3) is 0 Å². The average molecular weight is 838 g/mol. The molecular weight excluding hydrogens is 787 g/mol. The summed E-state index contributed by atoms with van der Waals surface area (Å²) in [5.74, 6) is 0. The van der Waals surface area contributed by atoms with Crippen LogP contribution in [0.15, 0.2) is 200 Å². The maximum absolute atomic E-state index is 2.63. The quantitative estimate of drug-likeness (QED) is 0.151. The minimum absolute atomic E-state index is 0.214. The van der Waals surface area contributed by atoms with Crippen LogP contribution in [0.2, 0.25) is 0 Å². The normalized spacial score (nSPS) is 13.9. The van der Waals surface area contributed by atoms with Crippen molar-refractivity contribution in [3.8, 4) is 27.9 Å². The number of aromatic nitrogens is 1. The number of anilines is 6. The molecule has 0 saturated heterocycles. The minimum Gasteiger partial charge on any atom is -0.311 e. The molecule has 65 heavy (non-hydrogen) atoms. The van der Waals surface area contributed by atoms with Crippen LogP contribution < -0.4 is 9.80 Å². The molecule has 3 heterocycles. The third-order valence-electron chi connectivity index (χ3n) is 14.4. The Morgan fingerprint density at radius 1 is 0.323 bits per heavy atom. The summed E-state index contributed by atoms with van der Waals surface area (Å²) in [6, 6.07) is 74.3. The van der Waals surface area contributed by atoms with E-state index in [0.29, 0.717) is 0 Å². The Morgan fingerprint density at radius 3 is 1.03 bits per heavy atom. The van der Waals surface area contributed by atoms with Gasteiger partial charge in [0.05, 0.1) is 16.7 Å².